The van der Waals surface area contributed by atoms with E-state index in [-0.39, 0.29) is 11.8 Å². The average Bonchev–Trinajstić information content (AvgIpc) is 2.73. The highest BCUT2D eigenvalue weighted by molar-refractivity contribution is 6.31. The molecule has 0 saturated carbocycles. The highest BCUT2D eigenvalue weighted by Crippen LogP contribution is 2.22. The highest BCUT2D eigenvalue weighted by Gasteiger charge is 2.27. The zero-order valence-electron chi connectivity index (χ0n) is 15.3. The van der Waals surface area contributed by atoms with Crippen molar-refractivity contribution in [1.82, 2.24) is 24.8 Å². The van der Waals surface area contributed by atoms with Gasteiger partial charge in [-0.3, -0.25) is 19.6 Å². The lowest BCUT2D eigenvalue weighted by Crippen LogP contribution is -2.50. The second kappa shape index (κ2) is 7.52. The number of rotatable bonds is 2. The summed E-state index contributed by atoms with van der Waals surface area (Å²) >= 11 is 6.07. The minimum atomic E-state index is -0.168. The van der Waals surface area contributed by atoms with E-state index in [0.29, 0.717) is 48.2 Å². The first kappa shape index (κ1) is 18.3. The summed E-state index contributed by atoms with van der Waals surface area (Å²) in [6.45, 7) is 3.64. The first-order valence-electron chi connectivity index (χ1n) is 8.94. The summed E-state index contributed by atoms with van der Waals surface area (Å²) in [6.07, 6.45) is 4.48. The Labute approximate surface area is 167 Å². The number of aryl methyl sites for hydroxylation is 1. The minimum Gasteiger partial charge on any atom is -0.335 e. The molecule has 1 aromatic carbocycles. The molecular weight excluding hydrogens is 378 g/mol. The Morgan fingerprint density at radius 2 is 1.71 bits per heavy atom. The third-order valence-corrected chi connectivity index (χ3v) is 5.07. The molecule has 3 aromatic rings. The van der Waals surface area contributed by atoms with Crippen LogP contribution in [-0.4, -0.2) is 62.7 Å². The van der Waals surface area contributed by atoms with Crippen LogP contribution in [0.3, 0.4) is 0 Å². The predicted octanol–water partition coefficient (Wildman–Crippen LogP) is 2.58. The van der Waals surface area contributed by atoms with Crippen molar-refractivity contribution >= 4 is 34.3 Å². The van der Waals surface area contributed by atoms with E-state index >= 15 is 0 Å². The molecule has 28 heavy (non-hydrogen) atoms. The Balaban J connectivity index is 1.49. The fourth-order valence-electron chi connectivity index (χ4n) is 3.31. The molecule has 1 aliphatic rings. The van der Waals surface area contributed by atoms with Crippen LogP contribution in [0.5, 0.6) is 0 Å². The van der Waals surface area contributed by atoms with Crippen molar-refractivity contribution in [3.05, 3.63) is 64.8 Å². The lowest BCUT2D eigenvalue weighted by atomic mass is 10.1. The largest absolute Gasteiger partial charge is 0.335 e. The van der Waals surface area contributed by atoms with Gasteiger partial charge in [0.25, 0.3) is 11.8 Å². The summed E-state index contributed by atoms with van der Waals surface area (Å²) in [6, 6.07) is 7.27. The molecule has 3 heterocycles. The third kappa shape index (κ3) is 3.53. The van der Waals surface area contributed by atoms with Gasteiger partial charge in [-0.2, -0.15) is 0 Å². The number of carbonyl (C=O) groups excluding carboxylic acids is 2. The van der Waals surface area contributed by atoms with Gasteiger partial charge in [0.2, 0.25) is 0 Å². The van der Waals surface area contributed by atoms with E-state index in [4.69, 9.17) is 11.6 Å². The van der Waals surface area contributed by atoms with Gasteiger partial charge in [0.1, 0.15) is 5.69 Å². The van der Waals surface area contributed by atoms with Gasteiger partial charge in [-0.25, -0.2) is 4.98 Å². The maximum atomic E-state index is 13.0. The molecule has 0 radical (unpaired) electrons. The van der Waals surface area contributed by atoms with Crippen LogP contribution in [0.1, 0.15) is 26.5 Å². The van der Waals surface area contributed by atoms with Crippen LogP contribution in [0.15, 0.2) is 42.9 Å². The van der Waals surface area contributed by atoms with E-state index in [9.17, 15) is 9.59 Å². The zero-order chi connectivity index (χ0) is 19.7. The number of pyridine rings is 1. The Morgan fingerprint density at radius 1 is 1.00 bits per heavy atom. The molecule has 0 N–H and O–H groups in total. The number of piperazine rings is 1. The number of aromatic nitrogens is 3. The van der Waals surface area contributed by atoms with Crippen molar-refractivity contribution in [2.24, 2.45) is 0 Å². The standard InChI is InChI=1S/C20H18ClN5O2/c1-13-16(11-14-10-15(21)2-3-17(14)24-13)19(27)25-6-8-26(9-7-25)20(28)18-12-22-4-5-23-18/h2-5,10-12H,6-9H2,1H3. The molecule has 142 valence electrons. The van der Waals surface area contributed by atoms with E-state index in [1.165, 1.54) is 18.6 Å². The smallest absolute Gasteiger partial charge is 0.274 e. The summed E-state index contributed by atoms with van der Waals surface area (Å²) in [5.74, 6) is -0.253. The summed E-state index contributed by atoms with van der Waals surface area (Å²) in [7, 11) is 0. The fourth-order valence-corrected chi connectivity index (χ4v) is 3.50. The van der Waals surface area contributed by atoms with E-state index in [1.807, 2.05) is 19.1 Å². The molecule has 1 saturated heterocycles. The van der Waals surface area contributed by atoms with Crippen molar-refractivity contribution in [3.63, 3.8) is 0 Å². The molecular formula is C20H18ClN5O2. The Morgan fingerprint density at radius 3 is 2.39 bits per heavy atom. The number of halogens is 1. The highest BCUT2D eigenvalue weighted by atomic mass is 35.5. The fraction of sp³-hybridized carbons (Fsp3) is 0.250. The van der Waals surface area contributed by atoms with Crippen molar-refractivity contribution < 1.29 is 9.59 Å². The van der Waals surface area contributed by atoms with Gasteiger partial charge in [-0.1, -0.05) is 11.6 Å². The number of benzene rings is 1. The van der Waals surface area contributed by atoms with Crippen LogP contribution in [0, 0.1) is 6.92 Å². The van der Waals surface area contributed by atoms with Crippen LogP contribution >= 0.6 is 11.6 Å². The quantitative estimate of drug-likeness (QED) is 0.666. The Hall–Kier alpha value is -3.06. The monoisotopic (exact) mass is 395 g/mol. The number of hydrogen-bond donors (Lipinski definition) is 0. The molecule has 2 amide bonds. The first-order chi connectivity index (χ1) is 13.5. The van der Waals surface area contributed by atoms with Gasteiger partial charge >= 0.3 is 0 Å². The molecule has 0 spiro atoms. The van der Waals surface area contributed by atoms with Gasteiger partial charge in [0.15, 0.2) is 0 Å². The van der Waals surface area contributed by atoms with Gasteiger partial charge < -0.3 is 9.80 Å². The molecule has 1 fully saturated rings. The molecule has 4 rings (SSSR count). The van der Waals surface area contributed by atoms with Gasteiger partial charge in [0, 0.05) is 49.0 Å². The predicted molar refractivity (Wildman–Crippen MR) is 105 cm³/mol. The second-order valence-corrected chi connectivity index (χ2v) is 7.07. The van der Waals surface area contributed by atoms with E-state index in [2.05, 4.69) is 15.0 Å². The second-order valence-electron chi connectivity index (χ2n) is 6.63. The molecule has 0 unspecified atom stereocenters. The average molecular weight is 396 g/mol. The van der Waals surface area contributed by atoms with Crippen LogP contribution < -0.4 is 0 Å². The van der Waals surface area contributed by atoms with E-state index in [1.54, 1.807) is 21.9 Å². The first-order valence-corrected chi connectivity index (χ1v) is 9.32. The number of fused-ring (bicyclic) bond motifs is 1. The number of amides is 2. The number of hydrogen-bond acceptors (Lipinski definition) is 5. The Kier molecular flexibility index (Phi) is 4.92. The molecule has 8 heteroatoms. The molecule has 7 nitrogen and oxygen atoms in total. The van der Waals surface area contributed by atoms with Crippen molar-refractivity contribution in [2.75, 3.05) is 26.2 Å². The lowest BCUT2D eigenvalue weighted by Gasteiger charge is -2.34. The van der Waals surface area contributed by atoms with Crippen molar-refractivity contribution in [2.45, 2.75) is 6.92 Å². The SMILES string of the molecule is Cc1nc2ccc(Cl)cc2cc1C(=O)N1CCN(C(=O)c2cnccn2)CC1. The van der Waals surface area contributed by atoms with Gasteiger partial charge in [-0.05, 0) is 31.2 Å². The molecule has 2 aromatic heterocycles. The molecule has 0 aliphatic carbocycles. The lowest BCUT2D eigenvalue weighted by molar-refractivity contribution is 0.0531. The van der Waals surface area contributed by atoms with E-state index < -0.39 is 0 Å². The normalized spacial score (nSPS) is 14.4. The van der Waals surface area contributed by atoms with E-state index in [0.717, 1.165) is 10.9 Å². The van der Waals surface area contributed by atoms with Gasteiger partial charge in [0.05, 0.1) is 23.0 Å². The Bertz CT molecular complexity index is 1050. The number of carbonyl (C=O) groups is 2. The summed E-state index contributed by atoms with van der Waals surface area (Å²) in [5, 5.41) is 1.44. The maximum Gasteiger partial charge on any atom is 0.274 e. The summed E-state index contributed by atoms with van der Waals surface area (Å²) in [4.78, 5) is 41.5. The van der Waals surface area contributed by atoms with Gasteiger partial charge in [-0.15, -0.1) is 0 Å². The topological polar surface area (TPSA) is 79.3 Å². The summed E-state index contributed by atoms with van der Waals surface area (Å²) in [5.41, 5.74) is 2.35. The van der Waals surface area contributed by atoms with Crippen LogP contribution in [-0.2, 0) is 0 Å². The van der Waals surface area contributed by atoms with Crippen molar-refractivity contribution in [3.8, 4) is 0 Å². The third-order valence-electron chi connectivity index (χ3n) is 4.83. The van der Waals surface area contributed by atoms with Crippen LogP contribution in [0.4, 0.5) is 0 Å². The maximum absolute atomic E-state index is 13.0. The zero-order valence-corrected chi connectivity index (χ0v) is 16.1. The van der Waals surface area contributed by atoms with Crippen LogP contribution in [0.2, 0.25) is 5.02 Å². The molecule has 1 aliphatic heterocycles. The number of nitrogens with zero attached hydrogens (tertiary/aromatic N) is 5. The van der Waals surface area contributed by atoms with Crippen molar-refractivity contribution in [1.29, 1.82) is 0 Å². The molecule has 0 bridgehead atoms. The minimum absolute atomic E-state index is 0.0847. The summed E-state index contributed by atoms with van der Waals surface area (Å²) < 4.78 is 0. The molecule has 0 atom stereocenters. The van der Waals surface area contributed by atoms with Crippen LogP contribution in [0.25, 0.3) is 10.9 Å².